The smallest absolute Gasteiger partial charge is 0.330 e. The van der Waals surface area contributed by atoms with Crippen LogP contribution in [0.3, 0.4) is 0 Å². The van der Waals surface area contributed by atoms with Crippen LogP contribution < -0.4 is 10.6 Å². The van der Waals surface area contributed by atoms with E-state index in [1.165, 1.54) is 11.6 Å². The number of ether oxygens (including phenoxy) is 1. The molecule has 0 heterocycles. The van der Waals surface area contributed by atoms with Gasteiger partial charge in [-0.1, -0.05) is 62.4 Å². The van der Waals surface area contributed by atoms with Gasteiger partial charge in [0, 0.05) is 28.0 Å². The predicted molar refractivity (Wildman–Crippen MR) is 154 cm³/mol. The second kappa shape index (κ2) is 14.6. The molecule has 2 N–H and O–H groups in total. The average molecular weight is 529 g/mol. The lowest BCUT2D eigenvalue weighted by Crippen LogP contribution is -2.30. The normalized spacial score (nSPS) is 11.4. The van der Waals surface area contributed by atoms with Crippen molar-refractivity contribution in [3.8, 4) is 0 Å². The highest BCUT2D eigenvalue weighted by Gasteiger charge is 2.15. The van der Waals surface area contributed by atoms with Gasteiger partial charge in [0.25, 0.3) is 11.8 Å². The summed E-state index contributed by atoms with van der Waals surface area (Å²) >= 11 is 1.55. The average Bonchev–Trinajstić information content (AvgIpc) is 2.92. The number of carbonyl (C=O) groups excluding carboxylic acids is 3. The van der Waals surface area contributed by atoms with Gasteiger partial charge in [-0.2, -0.15) is 0 Å². The van der Waals surface area contributed by atoms with Crippen molar-refractivity contribution in [2.24, 2.45) is 0 Å². The highest BCUT2D eigenvalue weighted by Crippen LogP contribution is 2.21. The van der Waals surface area contributed by atoms with Gasteiger partial charge in [-0.15, -0.1) is 11.8 Å². The molecule has 6 nitrogen and oxygen atoms in total. The molecule has 0 spiro atoms. The summed E-state index contributed by atoms with van der Waals surface area (Å²) in [6.07, 6.45) is 4.83. The van der Waals surface area contributed by atoms with Gasteiger partial charge in [0.2, 0.25) is 0 Å². The number of nitrogens with one attached hydrogen (secondary N) is 2. The molecule has 0 bridgehead atoms. The first-order valence-corrected chi connectivity index (χ1v) is 13.4. The number of carbonyl (C=O) groups is 3. The fourth-order valence-corrected chi connectivity index (χ4v) is 4.11. The monoisotopic (exact) mass is 528 g/mol. The molecule has 0 radical (unpaired) electrons. The van der Waals surface area contributed by atoms with Crippen molar-refractivity contribution in [2.45, 2.75) is 31.6 Å². The molecule has 0 saturated carbocycles. The second-order valence-corrected chi connectivity index (χ2v) is 9.74. The molecule has 0 unspecified atom stereocenters. The van der Waals surface area contributed by atoms with Gasteiger partial charge in [0.1, 0.15) is 5.70 Å². The highest BCUT2D eigenvalue weighted by molar-refractivity contribution is 7.99. The molecule has 0 fully saturated rings. The topological polar surface area (TPSA) is 84.5 Å². The molecule has 3 rings (SSSR count). The zero-order valence-corrected chi connectivity index (χ0v) is 22.6. The van der Waals surface area contributed by atoms with E-state index in [0.717, 1.165) is 10.5 Å². The minimum atomic E-state index is -0.431. The van der Waals surface area contributed by atoms with Crippen molar-refractivity contribution in [3.63, 3.8) is 0 Å². The fourth-order valence-electron chi connectivity index (χ4n) is 3.40. The molecule has 196 valence electrons. The Bertz CT molecular complexity index is 1280. The Kier molecular flexibility index (Phi) is 10.9. The SMILES string of the molecule is CCOC(=O)/C=C/CSc1ccc(NC(=O)/C(=C/c2ccc(C(C)C)cc2)NC(=O)c2ccccc2)cc1. The molecule has 0 aliphatic carbocycles. The third-order valence-corrected chi connectivity index (χ3v) is 6.41. The largest absolute Gasteiger partial charge is 0.463 e. The molecular formula is C31H32N2O4S. The van der Waals surface area contributed by atoms with E-state index in [9.17, 15) is 14.4 Å². The van der Waals surface area contributed by atoms with Gasteiger partial charge >= 0.3 is 5.97 Å². The first-order chi connectivity index (χ1) is 18.4. The van der Waals surface area contributed by atoms with Crippen LogP contribution in [-0.4, -0.2) is 30.1 Å². The molecule has 3 aromatic carbocycles. The van der Waals surface area contributed by atoms with Crippen molar-refractivity contribution < 1.29 is 19.1 Å². The number of benzene rings is 3. The van der Waals surface area contributed by atoms with Crippen LogP contribution in [0.2, 0.25) is 0 Å². The lowest BCUT2D eigenvalue weighted by molar-refractivity contribution is -0.137. The Morgan fingerprint density at radius 3 is 2.24 bits per heavy atom. The van der Waals surface area contributed by atoms with E-state index in [1.807, 2.05) is 42.5 Å². The highest BCUT2D eigenvalue weighted by atomic mass is 32.2. The molecule has 0 atom stereocenters. The Morgan fingerprint density at radius 2 is 1.61 bits per heavy atom. The standard InChI is InChI=1S/C31H32N2O4S/c1-4-37-29(34)11-8-20-38-27-18-16-26(17-19-27)32-31(36)28(33-30(35)25-9-6-5-7-10-25)21-23-12-14-24(15-13-23)22(2)3/h5-19,21-22H,4,20H2,1-3H3,(H,32,36)(H,33,35)/b11-8+,28-21-. The number of esters is 1. The summed E-state index contributed by atoms with van der Waals surface area (Å²) in [5.74, 6) is -0.152. The second-order valence-electron chi connectivity index (χ2n) is 8.64. The lowest BCUT2D eigenvalue weighted by atomic mass is 10.0. The number of anilines is 1. The maximum Gasteiger partial charge on any atom is 0.330 e. The van der Waals surface area contributed by atoms with Gasteiger partial charge in [0.15, 0.2) is 0 Å². The summed E-state index contributed by atoms with van der Waals surface area (Å²) < 4.78 is 4.86. The van der Waals surface area contributed by atoms with Crippen LogP contribution in [0.1, 0.15) is 48.2 Å². The quantitative estimate of drug-likeness (QED) is 0.170. The van der Waals surface area contributed by atoms with Gasteiger partial charge in [-0.05, 0) is 66.4 Å². The minimum Gasteiger partial charge on any atom is -0.463 e. The van der Waals surface area contributed by atoms with Gasteiger partial charge in [0.05, 0.1) is 6.61 Å². The summed E-state index contributed by atoms with van der Waals surface area (Å²) in [5.41, 5.74) is 3.18. The summed E-state index contributed by atoms with van der Waals surface area (Å²) in [6, 6.07) is 24.0. The van der Waals surface area contributed by atoms with Crippen LogP contribution in [0.15, 0.2) is 102 Å². The molecule has 0 aromatic heterocycles. The zero-order valence-electron chi connectivity index (χ0n) is 21.8. The first-order valence-electron chi connectivity index (χ1n) is 12.4. The van der Waals surface area contributed by atoms with Crippen LogP contribution in [-0.2, 0) is 14.3 Å². The zero-order chi connectivity index (χ0) is 27.3. The molecule has 0 aliphatic rings. The Morgan fingerprint density at radius 1 is 0.921 bits per heavy atom. The van der Waals surface area contributed by atoms with E-state index in [2.05, 4.69) is 24.5 Å². The van der Waals surface area contributed by atoms with E-state index in [4.69, 9.17) is 4.74 Å². The third kappa shape index (κ3) is 9.09. The number of rotatable bonds is 11. The van der Waals surface area contributed by atoms with Crippen LogP contribution in [0.25, 0.3) is 6.08 Å². The fraction of sp³-hybridized carbons (Fsp3) is 0.194. The van der Waals surface area contributed by atoms with Gasteiger partial charge in [-0.3, -0.25) is 9.59 Å². The molecule has 2 amide bonds. The minimum absolute atomic E-state index is 0.138. The number of hydrogen-bond donors (Lipinski definition) is 2. The Hall–Kier alpha value is -4.10. The Balaban J connectivity index is 1.71. The van der Waals surface area contributed by atoms with E-state index in [-0.39, 0.29) is 17.6 Å². The molecular weight excluding hydrogens is 496 g/mol. The summed E-state index contributed by atoms with van der Waals surface area (Å²) in [4.78, 5) is 38.4. The van der Waals surface area contributed by atoms with E-state index >= 15 is 0 Å². The summed E-state index contributed by atoms with van der Waals surface area (Å²) in [5, 5.41) is 5.63. The maximum atomic E-state index is 13.2. The van der Waals surface area contributed by atoms with Crippen LogP contribution >= 0.6 is 11.8 Å². The predicted octanol–water partition coefficient (Wildman–Crippen LogP) is 6.43. The molecule has 3 aromatic rings. The van der Waals surface area contributed by atoms with E-state index in [1.54, 1.807) is 67.2 Å². The Labute approximate surface area is 228 Å². The van der Waals surface area contributed by atoms with Crippen molar-refractivity contribution in [3.05, 3.63) is 113 Å². The molecule has 7 heteroatoms. The molecule has 38 heavy (non-hydrogen) atoms. The number of thioether (sulfide) groups is 1. The van der Waals surface area contributed by atoms with E-state index < -0.39 is 5.91 Å². The first kappa shape index (κ1) is 28.5. The van der Waals surface area contributed by atoms with Crippen LogP contribution in [0, 0.1) is 0 Å². The van der Waals surface area contributed by atoms with Crippen molar-refractivity contribution >= 4 is 41.3 Å². The van der Waals surface area contributed by atoms with Gasteiger partial charge in [-0.25, -0.2) is 4.79 Å². The van der Waals surface area contributed by atoms with E-state index in [0.29, 0.717) is 29.5 Å². The number of hydrogen-bond acceptors (Lipinski definition) is 5. The van der Waals surface area contributed by atoms with Crippen LogP contribution in [0.5, 0.6) is 0 Å². The maximum absolute atomic E-state index is 13.2. The molecule has 0 saturated heterocycles. The van der Waals surface area contributed by atoms with Crippen molar-refractivity contribution in [2.75, 3.05) is 17.7 Å². The van der Waals surface area contributed by atoms with Crippen molar-refractivity contribution in [1.82, 2.24) is 5.32 Å². The summed E-state index contributed by atoms with van der Waals surface area (Å²) in [7, 11) is 0. The third-order valence-electron chi connectivity index (χ3n) is 5.44. The number of amides is 2. The summed E-state index contributed by atoms with van der Waals surface area (Å²) in [6.45, 7) is 6.35. The van der Waals surface area contributed by atoms with Crippen LogP contribution in [0.4, 0.5) is 5.69 Å². The van der Waals surface area contributed by atoms with Crippen molar-refractivity contribution in [1.29, 1.82) is 0 Å². The van der Waals surface area contributed by atoms with Gasteiger partial charge < -0.3 is 15.4 Å². The molecule has 0 aliphatic heterocycles. The lowest BCUT2D eigenvalue weighted by Gasteiger charge is -2.12.